The summed E-state index contributed by atoms with van der Waals surface area (Å²) in [7, 11) is 0. The molecule has 0 bridgehead atoms. The number of piperazine rings is 1. The zero-order valence-corrected chi connectivity index (χ0v) is 15.8. The van der Waals surface area contributed by atoms with E-state index in [4.69, 9.17) is 4.98 Å². The first-order chi connectivity index (χ1) is 11.5. The third kappa shape index (κ3) is 3.17. The minimum Gasteiger partial charge on any atom is -0.353 e. The van der Waals surface area contributed by atoms with E-state index in [-0.39, 0.29) is 0 Å². The molecule has 0 saturated carbocycles. The summed E-state index contributed by atoms with van der Waals surface area (Å²) in [5.74, 6) is 2.13. The molecule has 0 radical (unpaired) electrons. The Morgan fingerprint density at radius 1 is 0.792 bits per heavy atom. The van der Waals surface area contributed by atoms with Crippen molar-refractivity contribution in [1.29, 1.82) is 0 Å². The van der Waals surface area contributed by atoms with Crippen LogP contribution in [0.4, 0.5) is 11.6 Å². The summed E-state index contributed by atoms with van der Waals surface area (Å²) in [6.07, 6.45) is 3.68. The molecule has 1 fully saturated rings. The number of anilines is 2. The average molecular weight is 344 g/mol. The van der Waals surface area contributed by atoms with Crippen LogP contribution in [0.3, 0.4) is 0 Å². The Bertz CT molecular complexity index is 740. The van der Waals surface area contributed by atoms with E-state index in [1.165, 1.54) is 11.1 Å². The van der Waals surface area contributed by atoms with Gasteiger partial charge in [0.1, 0.15) is 18.0 Å². The van der Waals surface area contributed by atoms with Gasteiger partial charge in [0.2, 0.25) is 0 Å². The molecule has 0 aliphatic carbocycles. The Morgan fingerprint density at radius 2 is 1.38 bits per heavy atom. The van der Waals surface area contributed by atoms with Gasteiger partial charge in [-0.25, -0.2) is 19.9 Å². The number of rotatable bonds is 3. The van der Waals surface area contributed by atoms with Crippen LogP contribution in [0.2, 0.25) is 0 Å². The van der Waals surface area contributed by atoms with Gasteiger partial charge in [0.25, 0.3) is 0 Å². The summed E-state index contributed by atoms with van der Waals surface area (Å²) >= 11 is 1.59. The topological polar surface area (TPSA) is 58.0 Å². The Balaban J connectivity index is 1.78. The minimum atomic E-state index is 0.845. The van der Waals surface area contributed by atoms with Gasteiger partial charge >= 0.3 is 0 Å². The second kappa shape index (κ2) is 6.93. The molecule has 1 saturated heterocycles. The van der Waals surface area contributed by atoms with Crippen molar-refractivity contribution in [1.82, 2.24) is 19.9 Å². The summed E-state index contributed by atoms with van der Waals surface area (Å²) in [6, 6.07) is 0. The van der Waals surface area contributed by atoms with E-state index in [1.54, 1.807) is 18.1 Å². The second-order valence-electron chi connectivity index (χ2n) is 6.13. The first kappa shape index (κ1) is 17.0. The zero-order valence-electron chi connectivity index (χ0n) is 15.0. The molecule has 128 valence electrons. The van der Waals surface area contributed by atoms with Gasteiger partial charge in [-0.15, -0.1) is 0 Å². The highest BCUT2D eigenvalue weighted by atomic mass is 32.2. The number of hydrogen-bond donors (Lipinski definition) is 0. The predicted octanol–water partition coefficient (Wildman–Crippen LogP) is 2.55. The van der Waals surface area contributed by atoms with Gasteiger partial charge < -0.3 is 9.80 Å². The molecule has 0 atom stereocenters. The number of thioether (sulfide) groups is 1. The van der Waals surface area contributed by atoms with Crippen LogP contribution in [0.15, 0.2) is 11.5 Å². The van der Waals surface area contributed by atoms with Crippen molar-refractivity contribution >= 4 is 23.4 Å². The molecule has 7 heteroatoms. The maximum atomic E-state index is 4.74. The zero-order chi connectivity index (χ0) is 17.3. The third-order valence-electron chi connectivity index (χ3n) is 4.71. The van der Waals surface area contributed by atoms with Crippen LogP contribution in [0.1, 0.15) is 22.5 Å². The average Bonchev–Trinajstić information content (AvgIpc) is 2.60. The Morgan fingerprint density at radius 3 is 2.00 bits per heavy atom. The summed E-state index contributed by atoms with van der Waals surface area (Å²) in [6.45, 7) is 12.1. The lowest BCUT2D eigenvalue weighted by molar-refractivity contribution is 0.632. The normalized spacial score (nSPS) is 15.0. The fraction of sp³-hybridized carbons (Fsp3) is 0.529. The van der Waals surface area contributed by atoms with Gasteiger partial charge in [-0.2, -0.15) is 0 Å². The monoisotopic (exact) mass is 344 g/mol. The van der Waals surface area contributed by atoms with E-state index in [0.29, 0.717) is 0 Å². The third-order valence-corrected chi connectivity index (χ3v) is 5.26. The smallest absolute Gasteiger partial charge is 0.189 e. The first-order valence-electron chi connectivity index (χ1n) is 8.18. The number of hydrogen-bond acceptors (Lipinski definition) is 7. The molecule has 1 aliphatic rings. The SMILES string of the molecule is CSc1nc(C)c(C)c(N2CCN(c3ncnc(C)c3C)CC2)n1. The standard InChI is InChI=1S/C17H24N6S/c1-11-13(3)18-10-19-15(11)22-6-8-23(9-7-22)16-12(2)14(4)20-17(21-16)24-5/h10H,6-9H2,1-5H3. The second-order valence-corrected chi connectivity index (χ2v) is 6.90. The van der Waals surface area contributed by atoms with Crippen molar-refractivity contribution in [2.24, 2.45) is 0 Å². The maximum absolute atomic E-state index is 4.74. The van der Waals surface area contributed by atoms with Crippen molar-refractivity contribution in [3.63, 3.8) is 0 Å². The van der Waals surface area contributed by atoms with Gasteiger partial charge in [-0.1, -0.05) is 11.8 Å². The molecule has 0 aromatic carbocycles. The first-order valence-corrected chi connectivity index (χ1v) is 9.41. The van der Waals surface area contributed by atoms with Crippen LogP contribution < -0.4 is 9.80 Å². The molecule has 1 aliphatic heterocycles. The van der Waals surface area contributed by atoms with Crippen LogP contribution in [0, 0.1) is 27.7 Å². The molecule has 3 rings (SSSR count). The van der Waals surface area contributed by atoms with Crippen LogP contribution >= 0.6 is 11.8 Å². The Labute approximate surface area is 147 Å². The summed E-state index contributed by atoms with van der Waals surface area (Å²) in [5, 5.41) is 0.845. The van der Waals surface area contributed by atoms with E-state index < -0.39 is 0 Å². The molecule has 0 N–H and O–H groups in total. The highest BCUT2D eigenvalue weighted by molar-refractivity contribution is 7.98. The summed E-state index contributed by atoms with van der Waals surface area (Å²) < 4.78 is 0. The van der Waals surface area contributed by atoms with Gasteiger partial charge in [-0.3, -0.25) is 0 Å². The fourth-order valence-corrected chi connectivity index (χ4v) is 3.37. The molecule has 2 aromatic heterocycles. The van der Waals surface area contributed by atoms with Crippen molar-refractivity contribution in [3.8, 4) is 0 Å². The van der Waals surface area contributed by atoms with E-state index in [1.807, 2.05) is 13.2 Å². The van der Waals surface area contributed by atoms with Gasteiger partial charge in [-0.05, 0) is 34.0 Å². The van der Waals surface area contributed by atoms with Crippen molar-refractivity contribution in [2.75, 3.05) is 42.2 Å². The largest absolute Gasteiger partial charge is 0.353 e. The van der Waals surface area contributed by atoms with E-state index in [9.17, 15) is 0 Å². The number of aromatic nitrogens is 4. The fourth-order valence-electron chi connectivity index (χ4n) is 2.96. The lowest BCUT2D eigenvalue weighted by Crippen LogP contribution is -2.47. The van der Waals surface area contributed by atoms with Crippen LogP contribution in [0.5, 0.6) is 0 Å². The van der Waals surface area contributed by atoms with E-state index in [2.05, 4.69) is 45.5 Å². The quantitative estimate of drug-likeness (QED) is 0.626. The van der Waals surface area contributed by atoms with Crippen LogP contribution in [0.25, 0.3) is 0 Å². The van der Waals surface area contributed by atoms with Crippen LogP contribution in [-0.4, -0.2) is 52.4 Å². The number of nitrogens with zero attached hydrogens (tertiary/aromatic N) is 6. The maximum Gasteiger partial charge on any atom is 0.189 e. The molecule has 2 aromatic rings. The molecule has 0 amide bonds. The van der Waals surface area contributed by atoms with Crippen LogP contribution in [-0.2, 0) is 0 Å². The van der Waals surface area contributed by atoms with Crippen molar-refractivity contribution < 1.29 is 0 Å². The van der Waals surface area contributed by atoms with Gasteiger partial charge in [0, 0.05) is 48.7 Å². The summed E-state index contributed by atoms with van der Waals surface area (Å²) in [4.78, 5) is 22.7. The van der Waals surface area contributed by atoms with Gasteiger partial charge in [0.15, 0.2) is 5.16 Å². The van der Waals surface area contributed by atoms with Crippen molar-refractivity contribution in [3.05, 3.63) is 28.8 Å². The Kier molecular flexibility index (Phi) is 4.89. The highest BCUT2D eigenvalue weighted by Crippen LogP contribution is 2.26. The number of aryl methyl sites for hydroxylation is 2. The van der Waals surface area contributed by atoms with E-state index >= 15 is 0 Å². The summed E-state index contributed by atoms with van der Waals surface area (Å²) in [5.41, 5.74) is 4.46. The Hall–Kier alpha value is -1.89. The molecule has 24 heavy (non-hydrogen) atoms. The molecule has 0 spiro atoms. The molecule has 3 heterocycles. The van der Waals surface area contributed by atoms with Crippen molar-refractivity contribution in [2.45, 2.75) is 32.9 Å². The van der Waals surface area contributed by atoms with Gasteiger partial charge in [0.05, 0.1) is 0 Å². The predicted molar refractivity (Wildman–Crippen MR) is 99.2 cm³/mol. The highest BCUT2D eigenvalue weighted by Gasteiger charge is 2.23. The molecule has 0 unspecified atom stereocenters. The molecule has 6 nitrogen and oxygen atoms in total. The molecular weight excluding hydrogens is 320 g/mol. The van der Waals surface area contributed by atoms with E-state index in [0.717, 1.165) is 54.4 Å². The minimum absolute atomic E-state index is 0.845. The lowest BCUT2D eigenvalue weighted by Gasteiger charge is -2.37. The lowest BCUT2D eigenvalue weighted by atomic mass is 10.2. The molecular formula is C17H24N6S.